The molecule has 0 radical (unpaired) electrons. The molecular weight excluding hydrogens is 759 g/mol. The van der Waals surface area contributed by atoms with Gasteiger partial charge in [0.15, 0.2) is 6.29 Å². The second kappa shape index (κ2) is 40.9. The van der Waals surface area contributed by atoms with E-state index in [4.69, 9.17) is 9.47 Å². The molecule has 1 rings (SSSR count). The van der Waals surface area contributed by atoms with Crippen molar-refractivity contribution in [2.45, 2.75) is 300 Å². The lowest BCUT2D eigenvalue weighted by Crippen LogP contribution is -2.60. The first kappa shape index (κ1) is 57.2. The zero-order chi connectivity index (χ0) is 43.9. The molecule has 1 aliphatic heterocycles. The number of ether oxygens (including phenoxy) is 2. The molecule has 0 aromatic heterocycles. The SMILES string of the molecule is CCCCCCCCCCCCCCCCCCCCCCCCCC(=O)NC(CO[C@H]1O[C@H](CO)[C@H](O)[C@H](O)[C@H]1O)[C@H](O)[C@H](O)CCCCCCCCCCCCCC. The molecule has 8 atom stereocenters. The molecule has 1 unspecified atom stereocenters. The largest absolute Gasteiger partial charge is 0.394 e. The molecule has 1 saturated heterocycles. The highest BCUT2D eigenvalue weighted by atomic mass is 16.7. The smallest absolute Gasteiger partial charge is 0.220 e. The Bertz CT molecular complexity index is 926. The van der Waals surface area contributed by atoms with Gasteiger partial charge in [-0.25, -0.2) is 0 Å². The highest BCUT2D eigenvalue weighted by Crippen LogP contribution is 2.23. The molecule has 0 saturated carbocycles. The molecule has 0 spiro atoms. The molecule has 10 nitrogen and oxygen atoms in total. The fraction of sp³-hybridized carbons (Fsp3) is 0.980. The number of aliphatic hydroxyl groups is 6. The number of nitrogens with one attached hydrogen (secondary N) is 1. The summed E-state index contributed by atoms with van der Waals surface area (Å²) in [4.78, 5) is 13.0. The van der Waals surface area contributed by atoms with Crippen LogP contribution in [-0.2, 0) is 14.3 Å². The van der Waals surface area contributed by atoms with Gasteiger partial charge >= 0.3 is 0 Å². The quantitative estimate of drug-likeness (QED) is 0.0295. The van der Waals surface area contributed by atoms with Gasteiger partial charge in [0.05, 0.1) is 25.4 Å². The third-order valence-corrected chi connectivity index (χ3v) is 12.8. The summed E-state index contributed by atoms with van der Waals surface area (Å²) in [6, 6.07) is -0.985. The molecule has 1 heterocycles. The van der Waals surface area contributed by atoms with Crippen LogP contribution in [0.2, 0.25) is 0 Å². The van der Waals surface area contributed by atoms with Gasteiger partial charge in [-0.3, -0.25) is 4.79 Å². The summed E-state index contributed by atoms with van der Waals surface area (Å²) in [5.74, 6) is -0.252. The molecule has 1 aliphatic rings. The van der Waals surface area contributed by atoms with Crippen LogP contribution in [0.1, 0.15) is 251 Å². The van der Waals surface area contributed by atoms with E-state index in [0.29, 0.717) is 6.42 Å². The van der Waals surface area contributed by atoms with E-state index in [0.717, 1.165) is 38.5 Å². The van der Waals surface area contributed by atoms with Crippen LogP contribution in [0.4, 0.5) is 0 Å². The van der Waals surface area contributed by atoms with Crippen molar-refractivity contribution in [3.8, 4) is 0 Å². The van der Waals surface area contributed by atoms with Crippen molar-refractivity contribution in [3.63, 3.8) is 0 Å². The number of hydrogen-bond acceptors (Lipinski definition) is 9. The zero-order valence-electron chi connectivity index (χ0n) is 39.1. The van der Waals surface area contributed by atoms with Crippen molar-refractivity contribution in [2.24, 2.45) is 0 Å². The number of aliphatic hydroxyl groups excluding tert-OH is 6. The van der Waals surface area contributed by atoms with Crippen molar-refractivity contribution in [1.29, 1.82) is 0 Å². The Hall–Kier alpha value is -0.850. The number of rotatable bonds is 44. The third-order valence-electron chi connectivity index (χ3n) is 12.8. The van der Waals surface area contributed by atoms with Gasteiger partial charge in [0.1, 0.15) is 30.5 Å². The number of amides is 1. The predicted molar refractivity (Wildman–Crippen MR) is 246 cm³/mol. The van der Waals surface area contributed by atoms with Crippen molar-refractivity contribution in [1.82, 2.24) is 5.32 Å². The molecule has 7 N–H and O–H groups in total. The van der Waals surface area contributed by atoms with Gasteiger partial charge < -0.3 is 45.4 Å². The average Bonchev–Trinajstić information content (AvgIpc) is 3.25. The predicted octanol–water partition coefficient (Wildman–Crippen LogP) is 10.5. The lowest BCUT2D eigenvalue weighted by Gasteiger charge is -2.40. The first-order valence-corrected chi connectivity index (χ1v) is 25.8. The summed E-state index contributed by atoms with van der Waals surface area (Å²) in [7, 11) is 0. The summed E-state index contributed by atoms with van der Waals surface area (Å²) < 4.78 is 11.2. The Morgan fingerprint density at radius 2 is 0.867 bits per heavy atom. The molecule has 0 bridgehead atoms. The van der Waals surface area contributed by atoms with Crippen molar-refractivity contribution >= 4 is 5.91 Å². The Labute approximate surface area is 368 Å². The number of unbranched alkanes of at least 4 members (excludes halogenated alkanes) is 33. The lowest BCUT2D eigenvalue weighted by atomic mass is 9.98. The third kappa shape index (κ3) is 30.3. The van der Waals surface area contributed by atoms with Crippen molar-refractivity contribution in [3.05, 3.63) is 0 Å². The molecule has 0 aromatic rings. The normalized spacial score (nSPS) is 21.0. The highest BCUT2D eigenvalue weighted by molar-refractivity contribution is 5.76. The average molecular weight is 858 g/mol. The fourth-order valence-corrected chi connectivity index (χ4v) is 8.61. The molecular formula is C50H99NO9. The Balaban J connectivity index is 2.26. The van der Waals surface area contributed by atoms with Gasteiger partial charge in [-0.05, 0) is 12.8 Å². The van der Waals surface area contributed by atoms with Gasteiger partial charge in [0.2, 0.25) is 5.91 Å². The van der Waals surface area contributed by atoms with Gasteiger partial charge in [-0.1, -0.05) is 232 Å². The van der Waals surface area contributed by atoms with E-state index in [1.165, 1.54) is 186 Å². The number of carbonyl (C=O) groups is 1. The van der Waals surface area contributed by atoms with E-state index in [-0.39, 0.29) is 18.9 Å². The second-order valence-corrected chi connectivity index (χ2v) is 18.5. The first-order chi connectivity index (χ1) is 29.3. The standard InChI is InChI=1S/C50H99NO9/c1-3-5-7-9-11-13-15-17-18-19-20-21-22-23-24-25-26-27-29-31-33-35-37-39-45(54)51-42(41-59-50-49(58)48(57)47(56)44(40-52)60-50)46(55)43(53)38-36-34-32-30-28-16-14-12-10-8-6-4-2/h42-44,46-50,52-53,55-58H,3-41H2,1-2H3,(H,51,54)/t42?,43-,44-,46+,47+,48+,49-,50+/m1/s1. The van der Waals surface area contributed by atoms with Crippen LogP contribution in [0.3, 0.4) is 0 Å². The molecule has 10 heteroatoms. The summed E-state index contributed by atoms with van der Waals surface area (Å²) in [6.45, 7) is 3.63. The monoisotopic (exact) mass is 858 g/mol. The second-order valence-electron chi connectivity index (χ2n) is 18.5. The van der Waals surface area contributed by atoms with Crippen LogP contribution >= 0.6 is 0 Å². The van der Waals surface area contributed by atoms with E-state index in [9.17, 15) is 35.4 Å². The molecule has 1 fully saturated rings. The van der Waals surface area contributed by atoms with Crippen LogP contribution < -0.4 is 5.32 Å². The summed E-state index contributed by atoms with van der Waals surface area (Å²) in [5.41, 5.74) is 0. The van der Waals surface area contributed by atoms with Crippen LogP contribution in [0, 0.1) is 0 Å². The summed E-state index contributed by atoms with van der Waals surface area (Å²) >= 11 is 0. The van der Waals surface area contributed by atoms with Gasteiger partial charge in [-0.2, -0.15) is 0 Å². The van der Waals surface area contributed by atoms with Crippen molar-refractivity contribution < 1.29 is 44.9 Å². The topological polar surface area (TPSA) is 169 Å². The van der Waals surface area contributed by atoms with Gasteiger partial charge in [-0.15, -0.1) is 0 Å². The van der Waals surface area contributed by atoms with Crippen LogP contribution in [0.25, 0.3) is 0 Å². The highest BCUT2D eigenvalue weighted by Gasteiger charge is 2.44. The Kier molecular flexibility index (Phi) is 39.0. The minimum absolute atomic E-state index is 0.252. The molecule has 358 valence electrons. The Morgan fingerprint density at radius 3 is 1.23 bits per heavy atom. The molecule has 0 aliphatic carbocycles. The van der Waals surface area contributed by atoms with E-state index in [1.54, 1.807) is 0 Å². The number of carbonyl (C=O) groups excluding carboxylic acids is 1. The minimum Gasteiger partial charge on any atom is -0.394 e. The summed E-state index contributed by atoms with van der Waals surface area (Å²) in [5, 5.41) is 65.3. The van der Waals surface area contributed by atoms with Gasteiger partial charge in [0.25, 0.3) is 0 Å². The molecule has 1 amide bonds. The van der Waals surface area contributed by atoms with Crippen LogP contribution in [0.15, 0.2) is 0 Å². The summed E-state index contributed by atoms with van der Waals surface area (Å²) in [6.07, 6.45) is 35.5. The minimum atomic E-state index is -1.60. The molecule has 0 aromatic carbocycles. The zero-order valence-corrected chi connectivity index (χ0v) is 39.1. The van der Waals surface area contributed by atoms with E-state index in [1.807, 2.05) is 0 Å². The maximum Gasteiger partial charge on any atom is 0.220 e. The van der Waals surface area contributed by atoms with E-state index >= 15 is 0 Å². The molecule has 60 heavy (non-hydrogen) atoms. The van der Waals surface area contributed by atoms with E-state index in [2.05, 4.69) is 19.2 Å². The van der Waals surface area contributed by atoms with Crippen LogP contribution in [-0.4, -0.2) is 98.7 Å². The lowest BCUT2D eigenvalue weighted by molar-refractivity contribution is -0.303. The van der Waals surface area contributed by atoms with Crippen molar-refractivity contribution in [2.75, 3.05) is 13.2 Å². The maximum atomic E-state index is 13.0. The first-order valence-electron chi connectivity index (χ1n) is 25.8. The van der Waals surface area contributed by atoms with Gasteiger partial charge in [0, 0.05) is 6.42 Å². The fourth-order valence-electron chi connectivity index (χ4n) is 8.61. The number of hydrogen-bond donors (Lipinski definition) is 7. The maximum absolute atomic E-state index is 13.0. The Morgan fingerprint density at radius 1 is 0.517 bits per heavy atom. The van der Waals surface area contributed by atoms with E-state index < -0.39 is 55.6 Å². The van der Waals surface area contributed by atoms with Crippen LogP contribution in [0.5, 0.6) is 0 Å².